The molecular weight excluding hydrogens is 148 g/mol. The van der Waals surface area contributed by atoms with E-state index in [9.17, 15) is 0 Å². The first-order valence-electron chi connectivity index (χ1n) is 3.66. The normalized spacial score (nSPS) is 10.0. The Hall–Kier alpha value is -1.75. The molecule has 0 aliphatic heterocycles. The third-order valence-electron chi connectivity index (χ3n) is 1.64. The van der Waals surface area contributed by atoms with E-state index in [1.165, 1.54) is 6.08 Å². The second-order valence-electron chi connectivity index (χ2n) is 2.58. The minimum absolute atomic E-state index is 0.782. The Morgan fingerprint density at radius 1 is 1.50 bits per heavy atom. The number of nitrogens with two attached hydrogens (primary N) is 1. The molecule has 1 rings (SSSR count). The van der Waals surface area contributed by atoms with Gasteiger partial charge in [0.25, 0.3) is 0 Å². The van der Waals surface area contributed by atoms with E-state index in [1.807, 2.05) is 31.2 Å². The molecule has 1 aromatic carbocycles. The van der Waals surface area contributed by atoms with Crippen LogP contribution in [-0.4, -0.2) is 0 Å². The molecule has 0 amide bonds. The van der Waals surface area contributed by atoms with Crippen molar-refractivity contribution in [2.45, 2.75) is 6.92 Å². The molecule has 0 saturated carbocycles. The number of nitriles is 1. The molecular formula is C10H10N2. The minimum atomic E-state index is 0.782. The Bertz CT molecular complexity index is 345. The number of hydrogen-bond acceptors (Lipinski definition) is 2. The van der Waals surface area contributed by atoms with Crippen LogP contribution >= 0.6 is 0 Å². The Labute approximate surface area is 71.9 Å². The molecule has 0 spiro atoms. The lowest BCUT2D eigenvalue weighted by Gasteiger charge is -1.99. The average Bonchev–Trinajstić information content (AvgIpc) is 2.07. The summed E-state index contributed by atoms with van der Waals surface area (Å²) < 4.78 is 0. The van der Waals surface area contributed by atoms with Gasteiger partial charge in [-0.3, -0.25) is 0 Å². The zero-order valence-corrected chi connectivity index (χ0v) is 6.91. The highest BCUT2D eigenvalue weighted by molar-refractivity contribution is 5.58. The maximum Gasteiger partial charge on any atom is 0.0912 e. The number of aryl methyl sites for hydroxylation is 1. The van der Waals surface area contributed by atoms with Gasteiger partial charge in [-0.15, -0.1) is 0 Å². The van der Waals surface area contributed by atoms with Crippen LogP contribution in [0.1, 0.15) is 11.1 Å². The maximum atomic E-state index is 8.29. The van der Waals surface area contributed by atoms with E-state index in [4.69, 9.17) is 11.0 Å². The van der Waals surface area contributed by atoms with Gasteiger partial charge in [0.2, 0.25) is 0 Å². The van der Waals surface area contributed by atoms with E-state index in [-0.39, 0.29) is 0 Å². The summed E-state index contributed by atoms with van der Waals surface area (Å²) in [6.45, 7) is 1.94. The van der Waals surface area contributed by atoms with Gasteiger partial charge in [-0.05, 0) is 36.3 Å². The summed E-state index contributed by atoms with van der Waals surface area (Å²) in [5.41, 5.74) is 8.45. The van der Waals surface area contributed by atoms with Gasteiger partial charge in [-0.2, -0.15) is 5.26 Å². The van der Waals surface area contributed by atoms with Crippen molar-refractivity contribution in [3.8, 4) is 6.07 Å². The lowest BCUT2D eigenvalue weighted by Crippen LogP contribution is -1.88. The molecule has 0 atom stereocenters. The molecule has 0 aliphatic rings. The minimum Gasteiger partial charge on any atom is -0.399 e. The topological polar surface area (TPSA) is 49.8 Å². The van der Waals surface area contributed by atoms with Gasteiger partial charge < -0.3 is 5.73 Å². The zero-order chi connectivity index (χ0) is 8.97. The fourth-order valence-corrected chi connectivity index (χ4v) is 0.936. The van der Waals surface area contributed by atoms with E-state index in [1.54, 1.807) is 6.08 Å². The highest BCUT2D eigenvalue weighted by Gasteiger charge is 1.92. The summed E-state index contributed by atoms with van der Waals surface area (Å²) in [5, 5.41) is 8.29. The van der Waals surface area contributed by atoms with Crippen LogP contribution in [0.5, 0.6) is 0 Å². The van der Waals surface area contributed by atoms with E-state index >= 15 is 0 Å². The van der Waals surface area contributed by atoms with E-state index in [0.717, 1.165) is 16.8 Å². The Balaban J connectivity index is 2.99. The number of benzene rings is 1. The molecule has 0 aliphatic carbocycles. The van der Waals surface area contributed by atoms with Crippen molar-refractivity contribution >= 4 is 11.8 Å². The fraction of sp³-hybridized carbons (Fsp3) is 0.100. The second-order valence-corrected chi connectivity index (χ2v) is 2.58. The Kier molecular flexibility index (Phi) is 2.49. The van der Waals surface area contributed by atoms with E-state index in [2.05, 4.69) is 0 Å². The average molecular weight is 158 g/mol. The van der Waals surface area contributed by atoms with Crippen molar-refractivity contribution in [3.05, 3.63) is 35.4 Å². The molecule has 60 valence electrons. The predicted octanol–water partition coefficient (Wildman–Crippen LogP) is 2.11. The molecule has 0 bridgehead atoms. The summed E-state index contributed by atoms with van der Waals surface area (Å²) in [4.78, 5) is 0. The van der Waals surface area contributed by atoms with Crippen LogP contribution in [0.15, 0.2) is 24.3 Å². The summed E-state index contributed by atoms with van der Waals surface area (Å²) in [5.74, 6) is 0. The molecule has 0 aromatic heterocycles. The number of hydrogen-bond donors (Lipinski definition) is 1. The summed E-state index contributed by atoms with van der Waals surface area (Å²) in [7, 11) is 0. The van der Waals surface area contributed by atoms with Crippen molar-refractivity contribution in [2.24, 2.45) is 0 Å². The summed E-state index contributed by atoms with van der Waals surface area (Å²) in [6.07, 6.45) is 3.21. The Morgan fingerprint density at radius 2 is 2.25 bits per heavy atom. The lowest BCUT2D eigenvalue weighted by molar-refractivity contribution is 1.46. The zero-order valence-electron chi connectivity index (χ0n) is 6.91. The van der Waals surface area contributed by atoms with Gasteiger partial charge in [0.05, 0.1) is 6.07 Å². The van der Waals surface area contributed by atoms with Gasteiger partial charge in [-0.25, -0.2) is 0 Å². The van der Waals surface area contributed by atoms with E-state index < -0.39 is 0 Å². The largest absolute Gasteiger partial charge is 0.399 e. The van der Waals surface area contributed by atoms with Crippen LogP contribution in [-0.2, 0) is 0 Å². The highest BCUT2D eigenvalue weighted by atomic mass is 14.5. The van der Waals surface area contributed by atoms with Crippen molar-refractivity contribution in [3.63, 3.8) is 0 Å². The van der Waals surface area contributed by atoms with Crippen LogP contribution in [0.3, 0.4) is 0 Å². The van der Waals surface area contributed by atoms with Gasteiger partial charge in [0.1, 0.15) is 0 Å². The van der Waals surface area contributed by atoms with Crippen molar-refractivity contribution < 1.29 is 0 Å². The number of rotatable bonds is 1. The first kappa shape index (κ1) is 8.35. The standard InChI is InChI=1S/C10H10N2/c1-8-7-9(3-2-6-11)4-5-10(8)12/h2-5,7H,12H2,1H3/b3-2+. The van der Waals surface area contributed by atoms with Crippen molar-refractivity contribution in [1.29, 1.82) is 5.26 Å². The molecule has 0 saturated heterocycles. The van der Waals surface area contributed by atoms with Gasteiger partial charge in [-0.1, -0.05) is 6.07 Å². The van der Waals surface area contributed by atoms with Crippen LogP contribution in [0.2, 0.25) is 0 Å². The highest BCUT2D eigenvalue weighted by Crippen LogP contribution is 2.13. The molecule has 0 fully saturated rings. The maximum absolute atomic E-state index is 8.29. The molecule has 1 aromatic rings. The van der Waals surface area contributed by atoms with Crippen LogP contribution in [0, 0.1) is 18.3 Å². The van der Waals surface area contributed by atoms with Gasteiger partial charge >= 0.3 is 0 Å². The number of allylic oxidation sites excluding steroid dienone is 1. The molecule has 0 unspecified atom stereocenters. The smallest absolute Gasteiger partial charge is 0.0912 e. The van der Waals surface area contributed by atoms with Crippen LogP contribution in [0.25, 0.3) is 6.08 Å². The number of anilines is 1. The lowest BCUT2D eigenvalue weighted by atomic mass is 10.1. The summed E-state index contributed by atoms with van der Waals surface area (Å²) in [6, 6.07) is 7.61. The molecule has 12 heavy (non-hydrogen) atoms. The Morgan fingerprint density at radius 3 is 2.83 bits per heavy atom. The third-order valence-corrected chi connectivity index (χ3v) is 1.64. The van der Waals surface area contributed by atoms with Gasteiger partial charge in [0, 0.05) is 11.8 Å². The monoisotopic (exact) mass is 158 g/mol. The predicted molar refractivity (Wildman–Crippen MR) is 50.2 cm³/mol. The molecule has 0 radical (unpaired) electrons. The first-order chi connectivity index (χ1) is 5.74. The molecule has 0 heterocycles. The van der Waals surface area contributed by atoms with Crippen LogP contribution < -0.4 is 5.73 Å². The van der Waals surface area contributed by atoms with Crippen molar-refractivity contribution in [2.75, 3.05) is 5.73 Å². The molecule has 2 nitrogen and oxygen atoms in total. The molecule has 2 N–H and O–H groups in total. The molecule has 2 heteroatoms. The third kappa shape index (κ3) is 1.86. The summed E-state index contributed by atoms with van der Waals surface area (Å²) >= 11 is 0. The van der Waals surface area contributed by atoms with Gasteiger partial charge in [0.15, 0.2) is 0 Å². The second kappa shape index (κ2) is 3.59. The SMILES string of the molecule is Cc1cc(/C=C/C#N)ccc1N. The number of nitrogens with zero attached hydrogens (tertiary/aromatic N) is 1. The van der Waals surface area contributed by atoms with Crippen molar-refractivity contribution in [1.82, 2.24) is 0 Å². The van der Waals surface area contributed by atoms with E-state index in [0.29, 0.717) is 0 Å². The quantitative estimate of drug-likeness (QED) is 0.502. The van der Waals surface area contributed by atoms with Crippen LogP contribution in [0.4, 0.5) is 5.69 Å². The number of nitrogen functional groups attached to an aromatic ring is 1. The fourth-order valence-electron chi connectivity index (χ4n) is 0.936. The first-order valence-corrected chi connectivity index (χ1v) is 3.66.